The van der Waals surface area contributed by atoms with Crippen molar-refractivity contribution in [2.45, 2.75) is 45.4 Å². The predicted molar refractivity (Wildman–Crippen MR) is 149 cm³/mol. The van der Waals surface area contributed by atoms with Gasteiger partial charge in [0.25, 0.3) is 0 Å². The Balaban J connectivity index is 1.34. The van der Waals surface area contributed by atoms with Crippen LogP contribution in [0, 0.1) is 0 Å². The molecule has 8 heteroatoms. The molecule has 4 aromatic heterocycles. The Hall–Kier alpha value is -4.20. The third-order valence-electron chi connectivity index (χ3n) is 7.14. The van der Waals surface area contributed by atoms with Gasteiger partial charge in [-0.1, -0.05) is 19.4 Å². The number of carbonyl (C=O) groups is 1. The Bertz CT molecular complexity index is 1560. The topological polar surface area (TPSA) is 103 Å². The van der Waals surface area contributed by atoms with E-state index in [4.69, 9.17) is 0 Å². The molecule has 1 aliphatic rings. The van der Waals surface area contributed by atoms with Gasteiger partial charge in [-0.3, -0.25) is 14.9 Å². The minimum atomic E-state index is 0.0183. The van der Waals surface area contributed by atoms with Gasteiger partial charge in [0.2, 0.25) is 5.91 Å². The number of piperidine rings is 1. The van der Waals surface area contributed by atoms with Gasteiger partial charge in [0.15, 0.2) is 0 Å². The average molecular weight is 494 g/mol. The number of nitrogens with zero attached hydrogens (tertiary/aromatic N) is 4. The Morgan fingerprint density at radius 2 is 1.92 bits per heavy atom. The third kappa shape index (κ3) is 4.67. The molecule has 0 aliphatic carbocycles. The number of amides is 1. The number of aromatic amines is 2. The predicted octanol–water partition coefficient (Wildman–Crippen LogP) is 6.29. The Kier molecular flexibility index (Phi) is 6.30. The van der Waals surface area contributed by atoms with E-state index in [0.717, 1.165) is 70.4 Å². The van der Waals surface area contributed by atoms with Crippen molar-refractivity contribution >= 4 is 39.2 Å². The number of unbranched alkanes of at least 4 members (excludes halogenated alkanes) is 1. The molecular formula is C29H31N7O. The highest BCUT2D eigenvalue weighted by atomic mass is 16.1. The number of carbonyl (C=O) groups excluding carboxylic acids is 1. The van der Waals surface area contributed by atoms with Crippen LogP contribution in [0.5, 0.6) is 0 Å². The fourth-order valence-electron chi connectivity index (χ4n) is 5.18. The molecule has 1 amide bonds. The van der Waals surface area contributed by atoms with Crippen molar-refractivity contribution in [3.8, 4) is 22.5 Å². The van der Waals surface area contributed by atoms with Gasteiger partial charge < -0.3 is 15.2 Å². The zero-order valence-electron chi connectivity index (χ0n) is 21.1. The number of hydrogen-bond acceptors (Lipinski definition) is 5. The second-order valence-electron chi connectivity index (χ2n) is 9.77. The number of hydrogen-bond donors (Lipinski definition) is 3. The maximum absolute atomic E-state index is 12.2. The molecule has 8 nitrogen and oxygen atoms in total. The van der Waals surface area contributed by atoms with E-state index in [0.29, 0.717) is 12.1 Å². The van der Waals surface area contributed by atoms with E-state index in [1.165, 1.54) is 24.9 Å². The molecule has 0 unspecified atom stereocenters. The lowest BCUT2D eigenvalue weighted by atomic mass is 10.0. The normalized spacial score (nSPS) is 13.9. The van der Waals surface area contributed by atoms with E-state index in [2.05, 4.69) is 60.5 Å². The van der Waals surface area contributed by atoms with Crippen molar-refractivity contribution in [3.63, 3.8) is 0 Å². The van der Waals surface area contributed by atoms with Crippen molar-refractivity contribution in [2.75, 3.05) is 23.3 Å². The number of pyridine rings is 2. The van der Waals surface area contributed by atoms with E-state index in [1.807, 2.05) is 30.6 Å². The number of benzene rings is 1. The lowest BCUT2D eigenvalue weighted by Gasteiger charge is -2.29. The summed E-state index contributed by atoms with van der Waals surface area (Å²) in [7, 11) is 0. The molecule has 5 heterocycles. The van der Waals surface area contributed by atoms with E-state index >= 15 is 0 Å². The number of fused-ring (bicyclic) bond motifs is 2. The van der Waals surface area contributed by atoms with Gasteiger partial charge in [-0.15, -0.1) is 0 Å². The SMILES string of the molecule is CCCCC(=O)Nc1cncc(-c2ccc3[nH]nc(-c4cc5c(N6CCCCC6)ccnc5[nH]4)c3c2)c1. The molecule has 0 spiro atoms. The molecule has 6 rings (SSSR count). The van der Waals surface area contributed by atoms with E-state index in [9.17, 15) is 4.79 Å². The van der Waals surface area contributed by atoms with Crippen LogP contribution in [0.4, 0.5) is 11.4 Å². The van der Waals surface area contributed by atoms with Crippen LogP contribution in [0.2, 0.25) is 0 Å². The van der Waals surface area contributed by atoms with Gasteiger partial charge in [-0.2, -0.15) is 5.10 Å². The lowest BCUT2D eigenvalue weighted by Crippen LogP contribution is -2.29. The van der Waals surface area contributed by atoms with Crippen LogP contribution in [-0.4, -0.2) is 44.1 Å². The molecule has 37 heavy (non-hydrogen) atoms. The third-order valence-corrected chi connectivity index (χ3v) is 7.14. The van der Waals surface area contributed by atoms with Crippen LogP contribution in [0.15, 0.2) is 55.0 Å². The zero-order valence-corrected chi connectivity index (χ0v) is 21.1. The quantitative estimate of drug-likeness (QED) is 0.247. The summed E-state index contributed by atoms with van der Waals surface area (Å²) in [5.74, 6) is 0.0183. The summed E-state index contributed by atoms with van der Waals surface area (Å²) in [6.07, 6.45) is 11.5. The molecule has 0 bridgehead atoms. The lowest BCUT2D eigenvalue weighted by molar-refractivity contribution is -0.116. The minimum Gasteiger partial charge on any atom is -0.371 e. The molecule has 188 valence electrons. The van der Waals surface area contributed by atoms with Crippen LogP contribution in [0.1, 0.15) is 45.4 Å². The highest BCUT2D eigenvalue weighted by Crippen LogP contribution is 2.35. The molecule has 5 aromatic rings. The number of nitrogens with one attached hydrogen (secondary N) is 3. The number of rotatable bonds is 7. The summed E-state index contributed by atoms with van der Waals surface area (Å²) in [6.45, 7) is 4.25. The molecule has 1 aliphatic heterocycles. The molecule has 1 saturated heterocycles. The Morgan fingerprint density at radius 1 is 1.03 bits per heavy atom. The summed E-state index contributed by atoms with van der Waals surface area (Å²) in [5, 5.41) is 12.9. The molecular weight excluding hydrogens is 462 g/mol. The van der Waals surface area contributed by atoms with Gasteiger partial charge in [0.1, 0.15) is 11.3 Å². The van der Waals surface area contributed by atoms with Gasteiger partial charge in [0.05, 0.1) is 23.1 Å². The number of H-pyrrole nitrogens is 2. The molecule has 1 fully saturated rings. The van der Waals surface area contributed by atoms with Crippen LogP contribution in [0.25, 0.3) is 44.5 Å². The van der Waals surface area contributed by atoms with Crippen molar-refractivity contribution in [1.29, 1.82) is 0 Å². The first-order valence-corrected chi connectivity index (χ1v) is 13.2. The Labute approximate surface area is 215 Å². The molecule has 0 saturated carbocycles. The van der Waals surface area contributed by atoms with Gasteiger partial charge in [0, 0.05) is 53.9 Å². The van der Waals surface area contributed by atoms with Crippen molar-refractivity contribution in [3.05, 3.63) is 55.0 Å². The first-order chi connectivity index (χ1) is 18.2. The fourth-order valence-corrected chi connectivity index (χ4v) is 5.18. The summed E-state index contributed by atoms with van der Waals surface area (Å²) < 4.78 is 0. The average Bonchev–Trinajstić information content (AvgIpc) is 3.56. The monoisotopic (exact) mass is 493 g/mol. The van der Waals surface area contributed by atoms with E-state index in [-0.39, 0.29) is 5.91 Å². The first kappa shape index (κ1) is 23.2. The highest BCUT2D eigenvalue weighted by molar-refractivity contribution is 6.00. The fraction of sp³-hybridized carbons (Fsp3) is 0.310. The standard InChI is InChI=1S/C29H31N7O/c1-2-3-7-27(37)32-21-14-20(17-30-18-21)19-8-9-24-22(15-19)28(35-34-24)25-16-23-26(10-11-31-29(23)33-25)36-12-5-4-6-13-36/h8-11,14-18H,2-7,12-13H2,1H3,(H,31,33)(H,32,37)(H,34,35). The molecule has 1 aromatic carbocycles. The largest absolute Gasteiger partial charge is 0.371 e. The second kappa shape index (κ2) is 10.0. The maximum atomic E-state index is 12.2. The number of anilines is 2. The highest BCUT2D eigenvalue weighted by Gasteiger charge is 2.18. The molecule has 0 radical (unpaired) electrons. The van der Waals surface area contributed by atoms with Crippen molar-refractivity contribution in [1.82, 2.24) is 25.1 Å². The van der Waals surface area contributed by atoms with Crippen molar-refractivity contribution < 1.29 is 4.79 Å². The van der Waals surface area contributed by atoms with Crippen molar-refractivity contribution in [2.24, 2.45) is 0 Å². The Morgan fingerprint density at radius 3 is 2.78 bits per heavy atom. The smallest absolute Gasteiger partial charge is 0.224 e. The minimum absolute atomic E-state index is 0.0183. The van der Waals surface area contributed by atoms with Gasteiger partial charge in [-0.05, 0) is 61.6 Å². The van der Waals surface area contributed by atoms with Crippen LogP contribution in [-0.2, 0) is 4.79 Å². The van der Waals surface area contributed by atoms with Gasteiger partial charge in [-0.25, -0.2) is 4.98 Å². The van der Waals surface area contributed by atoms with Gasteiger partial charge >= 0.3 is 0 Å². The maximum Gasteiger partial charge on any atom is 0.224 e. The van der Waals surface area contributed by atoms with Crippen LogP contribution >= 0.6 is 0 Å². The molecule has 3 N–H and O–H groups in total. The van der Waals surface area contributed by atoms with Crippen LogP contribution in [0.3, 0.4) is 0 Å². The zero-order chi connectivity index (χ0) is 25.2. The van der Waals surface area contributed by atoms with E-state index < -0.39 is 0 Å². The summed E-state index contributed by atoms with van der Waals surface area (Å²) >= 11 is 0. The van der Waals surface area contributed by atoms with E-state index in [1.54, 1.807) is 6.20 Å². The summed E-state index contributed by atoms with van der Waals surface area (Å²) in [6, 6.07) is 12.5. The summed E-state index contributed by atoms with van der Waals surface area (Å²) in [4.78, 5) is 27.1. The van der Waals surface area contributed by atoms with Crippen LogP contribution < -0.4 is 10.2 Å². The summed E-state index contributed by atoms with van der Waals surface area (Å²) in [5.41, 5.74) is 7.51. The second-order valence-corrected chi connectivity index (χ2v) is 9.77. The number of aromatic nitrogens is 5. The molecule has 0 atom stereocenters. The first-order valence-electron chi connectivity index (χ1n) is 13.2.